The van der Waals surface area contributed by atoms with Crippen molar-refractivity contribution in [1.82, 2.24) is 14.7 Å². The first-order chi connectivity index (χ1) is 10.2. The summed E-state index contributed by atoms with van der Waals surface area (Å²) in [5.74, 6) is 0.780. The lowest BCUT2D eigenvalue weighted by Gasteiger charge is -2.00. The minimum Gasteiger partial charge on any atom is -0.478 e. The maximum absolute atomic E-state index is 11.3. The molecule has 0 saturated heterocycles. The first-order valence-electron chi connectivity index (χ1n) is 6.86. The first kappa shape index (κ1) is 12.1. The number of carboxylic acids is 1. The SMILES string of the molecule is O=C(O)c1cn(Cc2nc(C3CC3)no2)c2ccccc12. The van der Waals surface area contributed by atoms with Gasteiger partial charge in [-0.3, -0.25) is 0 Å². The fraction of sp³-hybridized carbons (Fsp3) is 0.267. The predicted octanol–water partition coefficient (Wildman–Crippen LogP) is 2.65. The summed E-state index contributed by atoms with van der Waals surface area (Å²) < 4.78 is 7.10. The lowest BCUT2D eigenvalue weighted by atomic mass is 10.2. The van der Waals surface area contributed by atoms with Crippen molar-refractivity contribution in [3.05, 3.63) is 47.7 Å². The molecule has 1 N–H and O–H groups in total. The fourth-order valence-electron chi connectivity index (χ4n) is 2.53. The van der Waals surface area contributed by atoms with Crippen molar-refractivity contribution in [2.75, 3.05) is 0 Å². The van der Waals surface area contributed by atoms with Crippen LogP contribution in [-0.4, -0.2) is 25.8 Å². The predicted molar refractivity (Wildman–Crippen MR) is 74.3 cm³/mol. The van der Waals surface area contributed by atoms with Crippen LogP contribution in [0.1, 0.15) is 40.8 Å². The minimum atomic E-state index is -0.936. The first-order valence-corrected chi connectivity index (χ1v) is 6.86. The van der Waals surface area contributed by atoms with E-state index in [2.05, 4.69) is 10.1 Å². The largest absolute Gasteiger partial charge is 0.478 e. The molecule has 1 aliphatic rings. The fourth-order valence-corrected chi connectivity index (χ4v) is 2.53. The highest BCUT2D eigenvalue weighted by molar-refractivity contribution is 6.03. The van der Waals surface area contributed by atoms with Crippen molar-refractivity contribution in [2.24, 2.45) is 0 Å². The number of aromatic carboxylic acids is 1. The molecule has 6 heteroatoms. The molecule has 0 radical (unpaired) electrons. The maximum Gasteiger partial charge on any atom is 0.337 e. The Labute approximate surface area is 120 Å². The van der Waals surface area contributed by atoms with Crippen molar-refractivity contribution in [3.63, 3.8) is 0 Å². The summed E-state index contributed by atoms with van der Waals surface area (Å²) >= 11 is 0. The van der Waals surface area contributed by atoms with Crippen molar-refractivity contribution < 1.29 is 14.4 Å². The summed E-state index contributed by atoms with van der Waals surface area (Å²) in [5, 5.41) is 14.0. The molecule has 0 atom stereocenters. The zero-order valence-corrected chi connectivity index (χ0v) is 11.2. The van der Waals surface area contributed by atoms with E-state index < -0.39 is 5.97 Å². The van der Waals surface area contributed by atoms with E-state index >= 15 is 0 Å². The summed E-state index contributed by atoms with van der Waals surface area (Å²) in [7, 11) is 0. The van der Waals surface area contributed by atoms with Crippen molar-refractivity contribution in [2.45, 2.75) is 25.3 Å². The number of hydrogen-bond donors (Lipinski definition) is 1. The Morgan fingerprint density at radius 1 is 1.38 bits per heavy atom. The van der Waals surface area contributed by atoms with Gasteiger partial charge in [0.1, 0.15) is 6.54 Å². The Hall–Kier alpha value is -2.63. The molecular formula is C15H13N3O3. The quantitative estimate of drug-likeness (QED) is 0.796. The number of carboxylic acid groups (broad SMARTS) is 1. The molecule has 1 saturated carbocycles. The molecule has 0 spiro atoms. The van der Waals surface area contributed by atoms with Crippen LogP contribution in [0.3, 0.4) is 0 Å². The van der Waals surface area contributed by atoms with E-state index in [4.69, 9.17) is 4.52 Å². The van der Waals surface area contributed by atoms with E-state index in [0.29, 0.717) is 23.7 Å². The molecule has 6 nitrogen and oxygen atoms in total. The summed E-state index contributed by atoms with van der Waals surface area (Å²) in [6.07, 6.45) is 3.86. The molecule has 1 aliphatic carbocycles. The molecule has 0 bridgehead atoms. The van der Waals surface area contributed by atoms with Crippen LogP contribution in [0.4, 0.5) is 0 Å². The number of benzene rings is 1. The molecule has 106 valence electrons. The minimum absolute atomic E-state index is 0.285. The van der Waals surface area contributed by atoms with E-state index in [1.165, 1.54) is 0 Å². The average Bonchev–Trinajstić information content (AvgIpc) is 3.12. The summed E-state index contributed by atoms with van der Waals surface area (Å²) in [6.45, 7) is 0.382. The third kappa shape index (κ3) is 2.08. The van der Waals surface area contributed by atoms with Gasteiger partial charge in [0.2, 0.25) is 5.89 Å². The third-order valence-electron chi connectivity index (χ3n) is 3.75. The van der Waals surface area contributed by atoms with Crippen LogP contribution >= 0.6 is 0 Å². The van der Waals surface area contributed by atoms with Gasteiger partial charge in [-0.05, 0) is 18.9 Å². The van der Waals surface area contributed by atoms with Crippen LogP contribution in [0.15, 0.2) is 35.0 Å². The number of para-hydroxylation sites is 1. The lowest BCUT2D eigenvalue weighted by Crippen LogP contribution is -1.99. The Morgan fingerprint density at radius 3 is 2.95 bits per heavy atom. The lowest BCUT2D eigenvalue weighted by molar-refractivity contribution is 0.0698. The van der Waals surface area contributed by atoms with Crippen LogP contribution in [-0.2, 0) is 6.54 Å². The van der Waals surface area contributed by atoms with Crippen LogP contribution in [0.5, 0.6) is 0 Å². The number of carbonyl (C=O) groups is 1. The highest BCUT2D eigenvalue weighted by atomic mass is 16.5. The molecule has 2 heterocycles. The number of nitrogens with zero attached hydrogens (tertiary/aromatic N) is 3. The van der Waals surface area contributed by atoms with Crippen LogP contribution < -0.4 is 0 Å². The smallest absolute Gasteiger partial charge is 0.337 e. The Bertz CT molecular complexity index is 830. The average molecular weight is 283 g/mol. The number of fused-ring (bicyclic) bond motifs is 1. The Kier molecular flexibility index (Phi) is 2.57. The van der Waals surface area contributed by atoms with E-state index in [0.717, 1.165) is 24.2 Å². The van der Waals surface area contributed by atoms with E-state index in [1.807, 2.05) is 22.8 Å². The van der Waals surface area contributed by atoms with E-state index in [1.54, 1.807) is 12.3 Å². The standard InChI is InChI=1S/C15H13N3O3/c19-15(20)11-7-18(12-4-2-1-3-10(11)12)8-13-16-14(17-21-13)9-5-6-9/h1-4,7,9H,5-6,8H2,(H,19,20). The van der Waals surface area contributed by atoms with Crippen LogP contribution in [0, 0.1) is 0 Å². The molecule has 2 aromatic heterocycles. The summed E-state index contributed by atoms with van der Waals surface area (Å²) in [5.41, 5.74) is 1.13. The number of hydrogen-bond acceptors (Lipinski definition) is 4. The van der Waals surface area contributed by atoms with Gasteiger partial charge in [0, 0.05) is 23.0 Å². The highest BCUT2D eigenvalue weighted by Crippen LogP contribution is 2.38. The second-order valence-electron chi connectivity index (χ2n) is 5.31. The Morgan fingerprint density at radius 2 is 2.19 bits per heavy atom. The molecule has 3 aromatic rings. The van der Waals surface area contributed by atoms with E-state index in [9.17, 15) is 9.90 Å². The van der Waals surface area contributed by atoms with Gasteiger partial charge in [0.15, 0.2) is 5.82 Å². The molecule has 21 heavy (non-hydrogen) atoms. The monoisotopic (exact) mass is 283 g/mol. The number of aromatic nitrogens is 3. The van der Waals surface area contributed by atoms with Gasteiger partial charge in [-0.2, -0.15) is 4.98 Å². The van der Waals surface area contributed by atoms with Crippen LogP contribution in [0.2, 0.25) is 0 Å². The third-order valence-corrected chi connectivity index (χ3v) is 3.75. The second kappa shape index (κ2) is 4.44. The topological polar surface area (TPSA) is 81.1 Å². The van der Waals surface area contributed by atoms with Crippen molar-refractivity contribution in [1.29, 1.82) is 0 Å². The molecule has 4 rings (SSSR count). The second-order valence-corrected chi connectivity index (χ2v) is 5.31. The molecule has 1 fully saturated rings. The van der Waals surface area contributed by atoms with Crippen molar-refractivity contribution >= 4 is 16.9 Å². The Balaban J connectivity index is 1.73. The zero-order chi connectivity index (χ0) is 14.4. The van der Waals surface area contributed by atoms with Gasteiger partial charge < -0.3 is 14.2 Å². The summed E-state index contributed by atoms with van der Waals surface area (Å²) in [4.78, 5) is 15.7. The van der Waals surface area contributed by atoms with E-state index in [-0.39, 0.29) is 5.56 Å². The summed E-state index contributed by atoms with van der Waals surface area (Å²) in [6, 6.07) is 7.41. The van der Waals surface area contributed by atoms with Gasteiger partial charge in [-0.15, -0.1) is 0 Å². The molecule has 0 unspecified atom stereocenters. The highest BCUT2D eigenvalue weighted by Gasteiger charge is 2.28. The van der Waals surface area contributed by atoms with Crippen LogP contribution in [0.25, 0.3) is 10.9 Å². The molecular weight excluding hydrogens is 270 g/mol. The molecule has 0 aliphatic heterocycles. The van der Waals surface area contributed by atoms with Gasteiger partial charge in [-0.1, -0.05) is 23.4 Å². The van der Waals surface area contributed by atoms with Gasteiger partial charge in [0.05, 0.1) is 5.56 Å². The molecule has 0 amide bonds. The number of rotatable bonds is 4. The van der Waals surface area contributed by atoms with Gasteiger partial charge >= 0.3 is 5.97 Å². The maximum atomic E-state index is 11.3. The van der Waals surface area contributed by atoms with Gasteiger partial charge in [0.25, 0.3) is 0 Å². The molecule has 1 aromatic carbocycles. The normalized spacial score (nSPS) is 14.7. The zero-order valence-electron chi connectivity index (χ0n) is 11.2. The van der Waals surface area contributed by atoms with Gasteiger partial charge in [-0.25, -0.2) is 4.79 Å². The van der Waals surface area contributed by atoms with Crippen molar-refractivity contribution in [3.8, 4) is 0 Å².